The normalized spacial score (nSPS) is 21.6. The summed E-state index contributed by atoms with van der Waals surface area (Å²) in [5, 5.41) is 5.82. The molecule has 1 aromatic heterocycles. The van der Waals surface area contributed by atoms with Gasteiger partial charge in [-0.3, -0.25) is 14.6 Å². The second kappa shape index (κ2) is 11.4. The summed E-state index contributed by atoms with van der Waals surface area (Å²) in [6.07, 6.45) is -0.537. The van der Waals surface area contributed by atoms with Crippen LogP contribution in [0.4, 0.5) is 27.6 Å². The summed E-state index contributed by atoms with van der Waals surface area (Å²) in [7, 11) is 0. The van der Waals surface area contributed by atoms with Crippen molar-refractivity contribution in [3.63, 3.8) is 0 Å². The SMILES string of the molecule is O=C(N[C@H]1CCCC[C@H]1Nc1c(C(=O)N2CCC(F)(F)CC2)cc(Br)cc1C(F)(F)F)c1cncc(Br)c1. The van der Waals surface area contributed by atoms with Gasteiger partial charge in [-0.2, -0.15) is 13.2 Å². The smallest absolute Gasteiger partial charge is 0.379 e. The van der Waals surface area contributed by atoms with Gasteiger partial charge in [-0.25, -0.2) is 8.78 Å². The van der Waals surface area contributed by atoms with Crippen LogP contribution in [-0.2, 0) is 6.18 Å². The molecule has 2 fully saturated rings. The van der Waals surface area contributed by atoms with E-state index in [0.717, 1.165) is 17.4 Å². The van der Waals surface area contributed by atoms with E-state index in [2.05, 4.69) is 47.5 Å². The highest BCUT2D eigenvalue weighted by Gasteiger charge is 2.40. The Morgan fingerprint density at radius 3 is 2.26 bits per heavy atom. The molecule has 206 valence electrons. The van der Waals surface area contributed by atoms with Crippen LogP contribution in [0, 0.1) is 0 Å². The quantitative estimate of drug-likeness (QED) is 0.351. The van der Waals surface area contributed by atoms with E-state index in [-0.39, 0.29) is 23.1 Å². The van der Waals surface area contributed by atoms with Crippen molar-refractivity contribution < 1.29 is 31.5 Å². The number of nitrogens with zero attached hydrogens (tertiary/aromatic N) is 2. The molecule has 2 atom stereocenters. The summed E-state index contributed by atoms with van der Waals surface area (Å²) in [6.45, 7) is -0.524. The van der Waals surface area contributed by atoms with Crippen molar-refractivity contribution in [2.45, 2.75) is 62.7 Å². The minimum absolute atomic E-state index is 0.0386. The summed E-state index contributed by atoms with van der Waals surface area (Å²) < 4.78 is 70.5. The van der Waals surface area contributed by atoms with Crippen LogP contribution in [-0.4, -0.2) is 52.8 Å². The van der Waals surface area contributed by atoms with Crippen LogP contribution in [0.5, 0.6) is 0 Å². The molecule has 0 radical (unpaired) electrons. The number of alkyl halides is 5. The van der Waals surface area contributed by atoms with E-state index in [1.807, 2.05) is 0 Å². The van der Waals surface area contributed by atoms with Gasteiger partial charge in [-0.1, -0.05) is 28.8 Å². The fraction of sp³-hybridized carbons (Fsp3) is 0.480. The Balaban J connectivity index is 1.65. The number of pyridine rings is 1. The van der Waals surface area contributed by atoms with Gasteiger partial charge in [0.05, 0.1) is 22.4 Å². The van der Waals surface area contributed by atoms with E-state index in [1.165, 1.54) is 18.5 Å². The summed E-state index contributed by atoms with van der Waals surface area (Å²) in [4.78, 5) is 31.3. The van der Waals surface area contributed by atoms with Gasteiger partial charge in [0.2, 0.25) is 0 Å². The molecule has 2 amide bonds. The number of amides is 2. The van der Waals surface area contributed by atoms with Crippen LogP contribution in [0.15, 0.2) is 39.5 Å². The zero-order valence-corrected chi connectivity index (χ0v) is 23.2. The maximum atomic E-state index is 14.2. The van der Waals surface area contributed by atoms with E-state index in [1.54, 1.807) is 6.07 Å². The monoisotopic (exact) mass is 666 g/mol. The molecule has 1 aromatic carbocycles. The van der Waals surface area contributed by atoms with Crippen LogP contribution in [0.3, 0.4) is 0 Å². The highest BCUT2D eigenvalue weighted by molar-refractivity contribution is 9.10. The molecule has 38 heavy (non-hydrogen) atoms. The first-order chi connectivity index (χ1) is 17.8. The standard InChI is InChI=1S/C25H25Br2F5N4O2/c26-15-10-17(23(38)36-7-5-24(28,29)6-8-36)21(18(11-15)25(30,31)32)34-19-3-1-2-4-20(19)35-22(37)14-9-16(27)13-33-12-14/h9-13,19-20,34H,1-8H2,(H,35,37)/t19-,20+/m1/s1. The van der Waals surface area contributed by atoms with Gasteiger partial charge in [0.1, 0.15) is 0 Å². The minimum atomic E-state index is -4.80. The molecule has 1 aliphatic heterocycles. The first-order valence-electron chi connectivity index (χ1n) is 12.1. The van der Waals surface area contributed by atoms with Crippen LogP contribution >= 0.6 is 31.9 Å². The molecular weight excluding hydrogens is 643 g/mol. The van der Waals surface area contributed by atoms with Gasteiger partial charge in [0.25, 0.3) is 17.7 Å². The second-order valence-electron chi connectivity index (χ2n) is 9.53. The number of rotatable bonds is 5. The van der Waals surface area contributed by atoms with Crippen molar-refractivity contribution in [2.75, 3.05) is 18.4 Å². The third kappa shape index (κ3) is 6.83. The lowest BCUT2D eigenvalue weighted by atomic mass is 9.89. The molecule has 6 nitrogen and oxygen atoms in total. The number of hydrogen-bond donors (Lipinski definition) is 2. The van der Waals surface area contributed by atoms with Crippen molar-refractivity contribution in [1.82, 2.24) is 15.2 Å². The fourth-order valence-electron chi connectivity index (χ4n) is 4.81. The Kier molecular flexibility index (Phi) is 8.65. The van der Waals surface area contributed by atoms with Gasteiger partial charge in [-0.05, 0) is 47.0 Å². The zero-order chi connectivity index (χ0) is 27.7. The average Bonchev–Trinajstić information content (AvgIpc) is 2.85. The van der Waals surface area contributed by atoms with Crippen molar-refractivity contribution >= 4 is 49.4 Å². The lowest BCUT2D eigenvalue weighted by Gasteiger charge is -2.36. The van der Waals surface area contributed by atoms with E-state index in [9.17, 15) is 31.5 Å². The number of carbonyl (C=O) groups excluding carboxylic acids is 2. The number of nitrogens with one attached hydrogen (secondary N) is 2. The van der Waals surface area contributed by atoms with E-state index < -0.39 is 60.1 Å². The highest BCUT2D eigenvalue weighted by atomic mass is 79.9. The molecule has 2 heterocycles. The third-order valence-electron chi connectivity index (χ3n) is 6.80. The number of benzene rings is 1. The number of piperidine rings is 1. The van der Waals surface area contributed by atoms with Gasteiger partial charge in [-0.15, -0.1) is 0 Å². The molecule has 1 saturated heterocycles. The van der Waals surface area contributed by atoms with Crippen LogP contribution in [0.2, 0.25) is 0 Å². The molecular formula is C25H25Br2F5N4O2. The largest absolute Gasteiger partial charge is 0.418 e. The van der Waals surface area contributed by atoms with Gasteiger partial charge >= 0.3 is 6.18 Å². The molecule has 2 aliphatic rings. The molecule has 1 saturated carbocycles. The van der Waals surface area contributed by atoms with Gasteiger partial charge < -0.3 is 15.5 Å². The third-order valence-corrected chi connectivity index (χ3v) is 7.69. The fourth-order valence-corrected chi connectivity index (χ4v) is 5.63. The van der Waals surface area contributed by atoms with Crippen molar-refractivity contribution in [3.8, 4) is 0 Å². The first kappa shape index (κ1) is 28.7. The lowest BCUT2D eigenvalue weighted by molar-refractivity contribution is -0.137. The van der Waals surface area contributed by atoms with E-state index in [0.29, 0.717) is 29.3 Å². The molecule has 0 spiro atoms. The molecule has 1 aliphatic carbocycles. The summed E-state index contributed by atoms with van der Waals surface area (Å²) in [5.74, 6) is -4.09. The zero-order valence-electron chi connectivity index (χ0n) is 20.1. The van der Waals surface area contributed by atoms with Crippen molar-refractivity contribution in [1.29, 1.82) is 0 Å². The van der Waals surface area contributed by atoms with Gasteiger partial charge in [0, 0.05) is 59.4 Å². The summed E-state index contributed by atoms with van der Waals surface area (Å²) in [6, 6.07) is 2.62. The predicted octanol–water partition coefficient (Wildman–Crippen LogP) is 6.65. The van der Waals surface area contributed by atoms with Crippen molar-refractivity contribution in [3.05, 3.63) is 56.2 Å². The van der Waals surface area contributed by atoms with Crippen molar-refractivity contribution in [2.24, 2.45) is 0 Å². The summed E-state index contributed by atoms with van der Waals surface area (Å²) >= 11 is 6.33. The molecule has 0 bridgehead atoms. The number of anilines is 1. The summed E-state index contributed by atoms with van der Waals surface area (Å²) in [5.41, 5.74) is -1.44. The number of hydrogen-bond acceptors (Lipinski definition) is 4. The van der Waals surface area contributed by atoms with Crippen LogP contribution in [0.25, 0.3) is 0 Å². The highest BCUT2D eigenvalue weighted by Crippen LogP contribution is 2.41. The van der Waals surface area contributed by atoms with E-state index >= 15 is 0 Å². The number of halogens is 7. The average molecular weight is 668 g/mol. The Labute approximate surface area is 233 Å². The minimum Gasteiger partial charge on any atom is -0.379 e. The predicted molar refractivity (Wildman–Crippen MR) is 138 cm³/mol. The van der Waals surface area contributed by atoms with Gasteiger partial charge in [0.15, 0.2) is 0 Å². The lowest BCUT2D eigenvalue weighted by Crippen LogP contribution is -2.49. The molecule has 4 rings (SSSR count). The molecule has 2 N–H and O–H groups in total. The molecule has 13 heteroatoms. The number of carbonyl (C=O) groups is 2. The Bertz CT molecular complexity index is 1200. The topological polar surface area (TPSA) is 74.3 Å². The second-order valence-corrected chi connectivity index (χ2v) is 11.4. The maximum Gasteiger partial charge on any atom is 0.418 e. The first-order valence-corrected chi connectivity index (χ1v) is 13.7. The number of likely N-dealkylation sites (tertiary alicyclic amines) is 1. The molecule has 0 unspecified atom stereocenters. The number of aromatic nitrogens is 1. The Morgan fingerprint density at radius 2 is 1.63 bits per heavy atom. The molecule has 2 aromatic rings. The van der Waals surface area contributed by atoms with Crippen LogP contribution < -0.4 is 10.6 Å². The Morgan fingerprint density at radius 1 is 0.974 bits per heavy atom. The van der Waals surface area contributed by atoms with E-state index in [4.69, 9.17) is 0 Å². The maximum absolute atomic E-state index is 14.2. The Hall–Kier alpha value is -2.28. The van der Waals surface area contributed by atoms with Crippen LogP contribution in [0.1, 0.15) is 64.8 Å².